The van der Waals surface area contributed by atoms with Crippen LogP contribution in [-0.2, 0) is 14.4 Å². The third-order valence-electron chi connectivity index (χ3n) is 6.48. The molecule has 1 saturated heterocycles. The van der Waals surface area contributed by atoms with Crippen molar-refractivity contribution in [3.8, 4) is 11.5 Å². The Morgan fingerprint density at radius 2 is 1.58 bits per heavy atom. The van der Waals surface area contributed by atoms with E-state index in [1.54, 1.807) is 48.5 Å². The summed E-state index contributed by atoms with van der Waals surface area (Å²) in [5.41, 5.74) is 4.30. The van der Waals surface area contributed by atoms with E-state index in [1.807, 2.05) is 46.8 Å². The first-order valence-corrected chi connectivity index (χ1v) is 12.4. The Balaban J connectivity index is 1.88. The summed E-state index contributed by atoms with van der Waals surface area (Å²) in [5, 5.41) is 11.4. The molecule has 0 radical (unpaired) electrons. The maximum absolute atomic E-state index is 13.4. The van der Waals surface area contributed by atoms with E-state index in [2.05, 4.69) is 0 Å². The number of nitrogens with zero attached hydrogens (tertiary/aromatic N) is 1. The molecule has 1 unspecified atom stereocenters. The molecule has 1 fully saturated rings. The zero-order valence-corrected chi connectivity index (χ0v) is 22.4. The second-order valence-corrected chi connectivity index (χ2v) is 9.75. The van der Waals surface area contributed by atoms with Crippen LogP contribution in [0.3, 0.4) is 0 Å². The number of carbonyl (C=O) groups is 3. The topological polar surface area (TPSA) is 93.1 Å². The molecule has 7 nitrogen and oxygen atoms in total. The molecule has 0 bridgehead atoms. The van der Waals surface area contributed by atoms with Gasteiger partial charge in [0.05, 0.1) is 17.7 Å². The van der Waals surface area contributed by atoms with Crippen molar-refractivity contribution < 1.29 is 29.0 Å². The number of anilines is 1. The fraction of sp³-hybridized carbons (Fsp3) is 0.258. The standard InChI is InChI=1S/C31H31NO6/c1-17(2)37-26-14-10-23(15-20(26)5)29(34)27-28(22-8-12-25(13-9-22)38-21(6)33)32(31(36)30(27)35)24-11-7-18(3)19(4)16-24/h7-17,28,34H,1-6H3/b29-27+. The van der Waals surface area contributed by atoms with Gasteiger partial charge < -0.3 is 14.6 Å². The Labute approximate surface area is 222 Å². The summed E-state index contributed by atoms with van der Waals surface area (Å²) in [6, 6.07) is 16.3. The summed E-state index contributed by atoms with van der Waals surface area (Å²) in [6.07, 6.45) is -0.0219. The van der Waals surface area contributed by atoms with E-state index < -0.39 is 23.7 Å². The van der Waals surface area contributed by atoms with Crippen molar-refractivity contribution in [1.82, 2.24) is 0 Å². The number of aliphatic hydroxyl groups is 1. The first-order chi connectivity index (χ1) is 18.0. The fourth-order valence-electron chi connectivity index (χ4n) is 4.51. The number of hydrogen-bond donors (Lipinski definition) is 1. The van der Waals surface area contributed by atoms with Crippen molar-refractivity contribution in [2.45, 2.75) is 53.7 Å². The van der Waals surface area contributed by atoms with Crippen molar-refractivity contribution in [1.29, 1.82) is 0 Å². The molecule has 1 N–H and O–H groups in total. The van der Waals surface area contributed by atoms with E-state index in [-0.39, 0.29) is 17.4 Å². The van der Waals surface area contributed by atoms with Gasteiger partial charge in [0, 0.05) is 18.2 Å². The number of hydrogen-bond acceptors (Lipinski definition) is 6. The number of carbonyl (C=O) groups excluding carboxylic acids is 3. The highest BCUT2D eigenvalue weighted by Gasteiger charge is 2.47. The maximum atomic E-state index is 13.4. The van der Waals surface area contributed by atoms with Crippen LogP contribution in [0.5, 0.6) is 11.5 Å². The van der Waals surface area contributed by atoms with Gasteiger partial charge in [-0.2, -0.15) is 0 Å². The third-order valence-corrected chi connectivity index (χ3v) is 6.48. The number of rotatable bonds is 6. The number of aliphatic hydroxyl groups excluding tert-OH is 1. The van der Waals surface area contributed by atoms with Crippen molar-refractivity contribution in [3.63, 3.8) is 0 Å². The second-order valence-electron chi connectivity index (χ2n) is 9.75. The predicted octanol–water partition coefficient (Wildman–Crippen LogP) is 5.95. The lowest BCUT2D eigenvalue weighted by Gasteiger charge is -2.26. The van der Waals surface area contributed by atoms with Gasteiger partial charge >= 0.3 is 5.97 Å². The monoisotopic (exact) mass is 513 g/mol. The van der Waals surface area contributed by atoms with Crippen LogP contribution in [0, 0.1) is 20.8 Å². The van der Waals surface area contributed by atoms with Gasteiger partial charge in [-0.1, -0.05) is 18.2 Å². The molecule has 3 aromatic carbocycles. The Morgan fingerprint density at radius 3 is 2.16 bits per heavy atom. The molecule has 7 heteroatoms. The number of ketones is 1. The normalized spacial score (nSPS) is 16.7. The Morgan fingerprint density at radius 1 is 0.895 bits per heavy atom. The van der Waals surface area contributed by atoms with Crippen molar-refractivity contribution in [2.75, 3.05) is 4.90 Å². The first kappa shape index (κ1) is 26.7. The quantitative estimate of drug-likeness (QED) is 0.144. The van der Waals surface area contributed by atoms with Gasteiger partial charge in [-0.3, -0.25) is 19.3 Å². The van der Waals surface area contributed by atoms with Crippen LogP contribution in [0.4, 0.5) is 5.69 Å². The third kappa shape index (κ3) is 5.18. The highest BCUT2D eigenvalue weighted by atomic mass is 16.5. The summed E-state index contributed by atoms with van der Waals surface area (Å²) in [6.45, 7) is 10.9. The smallest absolute Gasteiger partial charge is 0.308 e. The molecule has 0 aliphatic carbocycles. The summed E-state index contributed by atoms with van der Waals surface area (Å²) < 4.78 is 11.0. The summed E-state index contributed by atoms with van der Waals surface area (Å²) in [7, 11) is 0. The van der Waals surface area contributed by atoms with E-state index in [1.165, 1.54) is 11.8 Å². The second kappa shape index (κ2) is 10.5. The Bertz CT molecular complexity index is 1450. The van der Waals surface area contributed by atoms with E-state index in [0.717, 1.165) is 16.7 Å². The average molecular weight is 514 g/mol. The minimum Gasteiger partial charge on any atom is -0.507 e. The molecular formula is C31H31NO6. The number of Topliss-reactive ketones (excluding diaryl/α,β-unsaturated/α-hetero) is 1. The zero-order chi connectivity index (χ0) is 27.7. The molecule has 1 amide bonds. The first-order valence-electron chi connectivity index (χ1n) is 12.4. The largest absolute Gasteiger partial charge is 0.507 e. The molecule has 0 saturated carbocycles. The lowest BCUT2D eigenvalue weighted by Crippen LogP contribution is -2.29. The van der Waals surface area contributed by atoms with Crippen molar-refractivity contribution >= 4 is 29.1 Å². The fourth-order valence-corrected chi connectivity index (χ4v) is 4.51. The molecular weight excluding hydrogens is 482 g/mol. The Hall–Kier alpha value is -4.39. The SMILES string of the molecule is CC(=O)Oc1ccc(C2/C(=C(\O)c3ccc(OC(C)C)c(C)c3)C(=O)C(=O)N2c2ccc(C)c(C)c2)cc1. The van der Waals surface area contributed by atoms with Crippen LogP contribution in [0.15, 0.2) is 66.2 Å². The van der Waals surface area contributed by atoms with Crippen LogP contribution < -0.4 is 14.4 Å². The van der Waals surface area contributed by atoms with E-state index >= 15 is 0 Å². The van der Waals surface area contributed by atoms with Gasteiger partial charge in [-0.05, 0) is 99.3 Å². The number of esters is 1. The molecule has 0 aromatic heterocycles. The van der Waals surface area contributed by atoms with Crippen molar-refractivity contribution in [3.05, 3.63) is 94.1 Å². The molecule has 1 atom stereocenters. The number of aryl methyl sites for hydroxylation is 3. The molecule has 1 heterocycles. The molecule has 1 aliphatic heterocycles. The Kier molecular flexibility index (Phi) is 7.39. The summed E-state index contributed by atoms with van der Waals surface area (Å²) >= 11 is 0. The van der Waals surface area contributed by atoms with Gasteiger partial charge in [0.15, 0.2) is 0 Å². The van der Waals surface area contributed by atoms with Gasteiger partial charge in [-0.25, -0.2) is 0 Å². The number of ether oxygens (including phenoxy) is 2. The van der Waals surface area contributed by atoms with Crippen LogP contribution in [-0.4, -0.2) is 28.9 Å². The van der Waals surface area contributed by atoms with E-state index in [0.29, 0.717) is 28.3 Å². The molecule has 3 aromatic rings. The predicted molar refractivity (Wildman–Crippen MR) is 145 cm³/mol. The number of benzene rings is 3. The average Bonchev–Trinajstić information content (AvgIpc) is 3.12. The van der Waals surface area contributed by atoms with Gasteiger partial charge in [-0.15, -0.1) is 0 Å². The van der Waals surface area contributed by atoms with Crippen LogP contribution in [0.25, 0.3) is 5.76 Å². The molecule has 4 rings (SSSR count). The van der Waals surface area contributed by atoms with E-state index in [4.69, 9.17) is 9.47 Å². The van der Waals surface area contributed by atoms with Crippen LogP contribution in [0.1, 0.15) is 54.6 Å². The van der Waals surface area contributed by atoms with Crippen molar-refractivity contribution in [2.24, 2.45) is 0 Å². The maximum Gasteiger partial charge on any atom is 0.308 e. The number of amides is 1. The molecule has 38 heavy (non-hydrogen) atoms. The lowest BCUT2D eigenvalue weighted by molar-refractivity contribution is -0.132. The highest BCUT2D eigenvalue weighted by molar-refractivity contribution is 6.51. The zero-order valence-electron chi connectivity index (χ0n) is 22.4. The minimum absolute atomic E-state index is 0.0219. The molecule has 1 aliphatic rings. The minimum atomic E-state index is -0.893. The van der Waals surface area contributed by atoms with Gasteiger partial charge in [0.1, 0.15) is 17.3 Å². The molecule has 0 spiro atoms. The highest BCUT2D eigenvalue weighted by Crippen LogP contribution is 2.43. The van der Waals surface area contributed by atoms with Gasteiger partial charge in [0.2, 0.25) is 0 Å². The van der Waals surface area contributed by atoms with Gasteiger partial charge in [0.25, 0.3) is 11.7 Å². The van der Waals surface area contributed by atoms with E-state index in [9.17, 15) is 19.5 Å². The molecule has 196 valence electrons. The van der Waals surface area contributed by atoms with Crippen LogP contribution >= 0.6 is 0 Å². The summed E-state index contributed by atoms with van der Waals surface area (Å²) in [4.78, 5) is 39.7. The lowest BCUT2D eigenvalue weighted by atomic mass is 9.94. The van der Waals surface area contributed by atoms with Crippen LogP contribution in [0.2, 0.25) is 0 Å². The summed E-state index contributed by atoms with van der Waals surface area (Å²) in [5.74, 6) is -1.25.